The second kappa shape index (κ2) is 9.54. The first-order valence-corrected chi connectivity index (χ1v) is 8.00. The second-order valence-electron chi connectivity index (χ2n) is 6.17. The Morgan fingerprint density at radius 2 is 1.71 bits per heavy atom. The maximum Gasteiger partial charge on any atom is 0.375 e. The molecule has 1 fully saturated rings. The van der Waals surface area contributed by atoms with Gasteiger partial charge in [0.2, 0.25) is 5.78 Å². The van der Waals surface area contributed by atoms with Crippen molar-refractivity contribution >= 4 is 11.8 Å². The Labute approximate surface area is 128 Å². The highest BCUT2D eigenvalue weighted by atomic mass is 16.5. The molecule has 0 bridgehead atoms. The van der Waals surface area contributed by atoms with Gasteiger partial charge in [0.15, 0.2) is 0 Å². The van der Waals surface area contributed by atoms with Crippen molar-refractivity contribution in [2.24, 2.45) is 5.92 Å². The van der Waals surface area contributed by atoms with Gasteiger partial charge in [-0.15, -0.1) is 0 Å². The van der Waals surface area contributed by atoms with Gasteiger partial charge in [-0.3, -0.25) is 4.79 Å². The van der Waals surface area contributed by atoms with Crippen LogP contribution in [0.3, 0.4) is 0 Å². The predicted molar refractivity (Wildman–Crippen MR) is 85.0 cm³/mol. The number of allylic oxidation sites excluding steroid dienone is 3. The van der Waals surface area contributed by atoms with Crippen LogP contribution in [0.4, 0.5) is 0 Å². The minimum absolute atomic E-state index is 0.103. The third kappa shape index (κ3) is 7.26. The van der Waals surface area contributed by atoms with E-state index >= 15 is 0 Å². The fraction of sp³-hybridized carbons (Fsp3) is 0.667. The number of hydrogen-bond donors (Lipinski definition) is 0. The van der Waals surface area contributed by atoms with Crippen molar-refractivity contribution in [1.29, 1.82) is 0 Å². The van der Waals surface area contributed by atoms with Crippen molar-refractivity contribution in [3.05, 3.63) is 23.3 Å². The lowest BCUT2D eigenvalue weighted by molar-refractivity contribution is -0.155. The van der Waals surface area contributed by atoms with Crippen LogP contribution in [-0.4, -0.2) is 18.4 Å². The Hall–Kier alpha value is -1.38. The van der Waals surface area contributed by atoms with Gasteiger partial charge >= 0.3 is 5.97 Å². The molecule has 21 heavy (non-hydrogen) atoms. The summed E-state index contributed by atoms with van der Waals surface area (Å²) in [6, 6.07) is 0. The fourth-order valence-electron chi connectivity index (χ4n) is 2.55. The van der Waals surface area contributed by atoms with Crippen LogP contribution < -0.4 is 0 Å². The molecule has 0 heterocycles. The van der Waals surface area contributed by atoms with E-state index in [4.69, 9.17) is 4.74 Å². The third-order valence-corrected chi connectivity index (χ3v) is 3.91. The summed E-state index contributed by atoms with van der Waals surface area (Å²) in [6.07, 6.45) is 11.0. The van der Waals surface area contributed by atoms with Gasteiger partial charge in [0.25, 0.3) is 0 Å². The summed E-state index contributed by atoms with van der Waals surface area (Å²) >= 11 is 0. The predicted octanol–water partition coefficient (Wildman–Crippen LogP) is 4.37. The zero-order valence-corrected chi connectivity index (χ0v) is 13.6. The summed E-state index contributed by atoms with van der Waals surface area (Å²) in [5, 5.41) is 0. The highest BCUT2D eigenvalue weighted by Crippen LogP contribution is 2.24. The monoisotopic (exact) mass is 292 g/mol. The van der Waals surface area contributed by atoms with E-state index in [-0.39, 0.29) is 18.3 Å². The largest absolute Gasteiger partial charge is 0.456 e. The molecular weight excluding hydrogens is 264 g/mol. The highest BCUT2D eigenvalue weighted by Gasteiger charge is 2.27. The summed E-state index contributed by atoms with van der Waals surface area (Å²) in [6.45, 7) is 6.39. The zero-order valence-electron chi connectivity index (χ0n) is 13.6. The maximum absolute atomic E-state index is 11.9. The molecule has 118 valence electrons. The Morgan fingerprint density at radius 1 is 1.05 bits per heavy atom. The number of Topliss-reactive ketones (excluding diaryl/α,β-unsaturated/α-hetero) is 1. The summed E-state index contributed by atoms with van der Waals surface area (Å²) in [5.74, 6) is -1.09. The molecular formula is C18H28O3. The SMILES string of the molecule is CC(C)=CCC/C(C)=C\COC(=O)C(=O)C1CCCCC1. The summed E-state index contributed by atoms with van der Waals surface area (Å²) in [4.78, 5) is 23.6. The van der Waals surface area contributed by atoms with E-state index in [1.54, 1.807) is 0 Å². The zero-order chi connectivity index (χ0) is 15.7. The number of carbonyl (C=O) groups excluding carboxylic acids is 2. The van der Waals surface area contributed by atoms with Crippen LogP contribution in [0.25, 0.3) is 0 Å². The van der Waals surface area contributed by atoms with Crippen molar-refractivity contribution in [3.8, 4) is 0 Å². The molecule has 1 rings (SSSR count). The van der Waals surface area contributed by atoms with Crippen LogP contribution >= 0.6 is 0 Å². The molecule has 3 heteroatoms. The molecule has 0 aliphatic heterocycles. The average molecular weight is 292 g/mol. The van der Waals surface area contributed by atoms with Crippen LogP contribution in [0.15, 0.2) is 23.3 Å². The van der Waals surface area contributed by atoms with Gasteiger partial charge in [0.05, 0.1) is 0 Å². The summed E-state index contributed by atoms with van der Waals surface area (Å²) < 4.78 is 5.07. The van der Waals surface area contributed by atoms with Gasteiger partial charge in [0.1, 0.15) is 6.61 Å². The number of carbonyl (C=O) groups is 2. The Bertz CT molecular complexity index is 408. The topological polar surface area (TPSA) is 43.4 Å². The molecule has 1 aliphatic carbocycles. The van der Waals surface area contributed by atoms with Crippen molar-refractivity contribution in [1.82, 2.24) is 0 Å². The van der Waals surface area contributed by atoms with Crippen LogP contribution in [-0.2, 0) is 14.3 Å². The van der Waals surface area contributed by atoms with Crippen molar-refractivity contribution in [2.45, 2.75) is 65.7 Å². The molecule has 1 aliphatic rings. The molecule has 0 atom stereocenters. The van der Waals surface area contributed by atoms with Gasteiger partial charge in [-0.2, -0.15) is 0 Å². The smallest absolute Gasteiger partial charge is 0.375 e. The highest BCUT2D eigenvalue weighted by molar-refractivity contribution is 6.34. The number of hydrogen-bond acceptors (Lipinski definition) is 3. The lowest BCUT2D eigenvalue weighted by atomic mass is 9.86. The third-order valence-electron chi connectivity index (χ3n) is 3.91. The van der Waals surface area contributed by atoms with Gasteiger partial charge in [0, 0.05) is 5.92 Å². The minimum Gasteiger partial charge on any atom is -0.456 e. The van der Waals surface area contributed by atoms with E-state index in [0.717, 1.165) is 38.5 Å². The summed E-state index contributed by atoms with van der Waals surface area (Å²) in [5.41, 5.74) is 2.50. The molecule has 0 aromatic carbocycles. The quantitative estimate of drug-likeness (QED) is 0.397. The van der Waals surface area contributed by atoms with Crippen LogP contribution in [0.1, 0.15) is 65.7 Å². The average Bonchev–Trinajstić information content (AvgIpc) is 2.46. The first kappa shape index (κ1) is 17.7. The first-order valence-electron chi connectivity index (χ1n) is 8.00. The normalized spacial score (nSPS) is 16.4. The van der Waals surface area contributed by atoms with Gasteiger partial charge in [-0.05, 0) is 52.5 Å². The lowest BCUT2D eigenvalue weighted by Crippen LogP contribution is -2.27. The lowest BCUT2D eigenvalue weighted by Gasteiger charge is -2.18. The number of rotatable bonds is 7. The van der Waals surface area contributed by atoms with Crippen LogP contribution in [0, 0.1) is 5.92 Å². The molecule has 0 radical (unpaired) electrons. The van der Waals surface area contributed by atoms with Gasteiger partial charge < -0.3 is 4.74 Å². The van der Waals surface area contributed by atoms with Crippen LogP contribution in [0.2, 0.25) is 0 Å². The maximum atomic E-state index is 11.9. The van der Waals surface area contributed by atoms with E-state index < -0.39 is 5.97 Å². The Balaban J connectivity index is 2.28. The number of ether oxygens (including phenoxy) is 1. The van der Waals surface area contributed by atoms with E-state index in [2.05, 4.69) is 19.9 Å². The van der Waals surface area contributed by atoms with Crippen molar-refractivity contribution in [3.63, 3.8) is 0 Å². The van der Waals surface area contributed by atoms with Gasteiger partial charge in [-0.1, -0.05) is 36.5 Å². The van der Waals surface area contributed by atoms with E-state index in [0.29, 0.717) is 0 Å². The first-order chi connectivity index (χ1) is 10.0. The van der Waals surface area contributed by atoms with E-state index in [9.17, 15) is 9.59 Å². The summed E-state index contributed by atoms with van der Waals surface area (Å²) in [7, 11) is 0. The minimum atomic E-state index is -0.657. The molecule has 3 nitrogen and oxygen atoms in total. The standard InChI is InChI=1S/C18H28O3/c1-14(2)8-7-9-15(3)12-13-21-18(20)17(19)16-10-5-4-6-11-16/h8,12,16H,4-7,9-11,13H2,1-3H3/b15-12-. The molecule has 0 unspecified atom stereocenters. The molecule has 0 aromatic rings. The van der Waals surface area contributed by atoms with Crippen molar-refractivity contribution < 1.29 is 14.3 Å². The number of esters is 1. The second-order valence-corrected chi connectivity index (χ2v) is 6.17. The van der Waals surface area contributed by atoms with Gasteiger partial charge in [-0.25, -0.2) is 4.79 Å². The van der Waals surface area contributed by atoms with Crippen molar-refractivity contribution in [2.75, 3.05) is 6.61 Å². The molecule has 0 aromatic heterocycles. The Morgan fingerprint density at radius 3 is 2.33 bits per heavy atom. The number of ketones is 1. The molecule has 0 amide bonds. The molecule has 0 spiro atoms. The Kier molecular flexibility index (Phi) is 8.03. The van der Waals surface area contributed by atoms with Crippen LogP contribution in [0.5, 0.6) is 0 Å². The molecule has 1 saturated carbocycles. The molecule has 0 saturated heterocycles. The molecule has 0 N–H and O–H groups in total. The fourth-order valence-corrected chi connectivity index (χ4v) is 2.55. The van der Waals surface area contributed by atoms with E-state index in [1.807, 2.05) is 13.0 Å². The van der Waals surface area contributed by atoms with E-state index in [1.165, 1.54) is 17.6 Å².